The third-order valence-electron chi connectivity index (χ3n) is 4.54. The topological polar surface area (TPSA) is 66.9 Å². The average molecular weight is 387 g/mol. The number of carbonyl (C=O) groups is 1. The van der Waals surface area contributed by atoms with Crippen LogP contribution >= 0.6 is 22.9 Å². The van der Waals surface area contributed by atoms with Gasteiger partial charge in [-0.2, -0.15) is 0 Å². The molecule has 0 fully saturated rings. The highest BCUT2D eigenvalue weighted by atomic mass is 35.5. The summed E-state index contributed by atoms with van der Waals surface area (Å²) in [6.45, 7) is 1.10. The second kappa shape index (κ2) is 7.60. The number of thiophene rings is 1. The van der Waals surface area contributed by atoms with Crippen molar-refractivity contribution < 1.29 is 4.79 Å². The molecule has 1 aromatic carbocycles. The fraction of sp³-hybridized carbons (Fsp3) is 0.316. The number of halogens is 1. The van der Waals surface area contributed by atoms with Crippen LogP contribution in [0, 0.1) is 0 Å². The molecule has 134 valence electrons. The van der Waals surface area contributed by atoms with E-state index < -0.39 is 0 Å². The molecule has 2 aromatic heterocycles. The van der Waals surface area contributed by atoms with E-state index in [1.165, 1.54) is 23.3 Å². The fourth-order valence-electron chi connectivity index (χ4n) is 3.31. The van der Waals surface area contributed by atoms with Gasteiger partial charge in [-0.3, -0.25) is 4.79 Å². The Hall–Kier alpha value is -2.18. The second-order valence-electron chi connectivity index (χ2n) is 6.31. The van der Waals surface area contributed by atoms with E-state index in [2.05, 4.69) is 20.6 Å². The summed E-state index contributed by atoms with van der Waals surface area (Å²) in [6.07, 6.45) is 6.33. The lowest BCUT2D eigenvalue weighted by molar-refractivity contribution is 0.0955. The number of hydrogen-bond acceptors (Lipinski definition) is 5. The molecular formula is C19H19ClN4OS. The number of nitrogens with zero attached hydrogens (tertiary/aromatic N) is 2. The predicted octanol–water partition coefficient (Wildman–Crippen LogP) is 4.07. The quantitative estimate of drug-likeness (QED) is 0.649. The van der Waals surface area contributed by atoms with Gasteiger partial charge in [0, 0.05) is 28.6 Å². The number of aromatic nitrogens is 2. The maximum Gasteiger partial charge on any atom is 0.251 e. The number of fused-ring (bicyclic) bond motifs is 3. The van der Waals surface area contributed by atoms with Gasteiger partial charge in [-0.05, 0) is 49.4 Å². The number of aryl methyl sites for hydroxylation is 2. The molecule has 0 bridgehead atoms. The molecule has 5 nitrogen and oxygen atoms in total. The minimum atomic E-state index is -0.130. The summed E-state index contributed by atoms with van der Waals surface area (Å²) in [5.74, 6) is 0.737. The molecule has 0 aliphatic heterocycles. The molecule has 0 saturated carbocycles. The zero-order chi connectivity index (χ0) is 17.9. The first-order chi connectivity index (χ1) is 12.7. The zero-order valence-corrected chi connectivity index (χ0v) is 15.8. The number of nitrogens with one attached hydrogen (secondary N) is 2. The van der Waals surface area contributed by atoms with Crippen LogP contribution < -0.4 is 10.6 Å². The average Bonchev–Trinajstić information content (AvgIpc) is 3.04. The van der Waals surface area contributed by atoms with Crippen LogP contribution in [0.15, 0.2) is 30.6 Å². The molecule has 4 rings (SSSR count). The molecule has 0 unspecified atom stereocenters. The maximum absolute atomic E-state index is 12.1. The van der Waals surface area contributed by atoms with Crippen molar-refractivity contribution in [2.75, 3.05) is 18.4 Å². The van der Waals surface area contributed by atoms with E-state index in [-0.39, 0.29) is 5.91 Å². The number of amides is 1. The van der Waals surface area contributed by atoms with Gasteiger partial charge in [0.15, 0.2) is 0 Å². The standard InChI is InChI=1S/C19H19ClN4OS/c20-13-5-3-4-12(10-13)18(25)22-9-8-21-17-16-14-6-1-2-7-15(14)26-19(16)24-11-23-17/h3-5,10-11H,1-2,6-9H2,(H,22,25)(H,21,23,24). The SMILES string of the molecule is O=C(NCCNc1ncnc2sc3c(c12)CCCC3)c1cccc(Cl)c1. The fourth-order valence-corrected chi connectivity index (χ4v) is 4.73. The normalized spacial score (nSPS) is 13.4. The van der Waals surface area contributed by atoms with Gasteiger partial charge >= 0.3 is 0 Å². The molecule has 0 saturated heterocycles. The Morgan fingerprint density at radius 1 is 1.19 bits per heavy atom. The minimum absolute atomic E-state index is 0.130. The van der Waals surface area contributed by atoms with Crippen molar-refractivity contribution in [1.82, 2.24) is 15.3 Å². The first-order valence-electron chi connectivity index (χ1n) is 8.75. The van der Waals surface area contributed by atoms with E-state index in [9.17, 15) is 4.79 Å². The third kappa shape index (κ3) is 3.52. The lowest BCUT2D eigenvalue weighted by Gasteiger charge is -2.12. The van der Waals surface area contributed by atoms with Crippen molar-refractivity contribution in [3.05, 3.63) is 51.6 Å². The number of anilines is 1. The van der Waals surface area contributed by atoms with E-state index in [1.807, 2.05) is 0 Å². The molecule has 0 radical (unpaired) electrons. The van der Waals surface area contributed by atoms with Crippen molar-refractivity contribution in [3.8, 4) is 0 Å². The van der Waals surface area contributed by atoms with Gasteiger partial charge in [0.05, 0.1) is 5.39 Å². The highest BCUT2D eigenvalue weighted by molar-refractivity contribution is 7.19. The number of rotatable bonds is 5. The first kappa shape index (κ1) is 17.2. The van der Waals surface area contributed by atoms with Crippen molar-refractivity contribution in [1.29, 1.82) is 0 Å². The highest BCUT2D eigenvalue weighted by Crippen LogP contribution is 2.37. The molecule has 1 aliphatic carbocycles. The summed E-state index contributed by atoms with van der Waals surface area (Å²) in [5.41, 5.74) is 1.97. The van der Waals surface area contributed by atoms with Gasteiger partial charge in [-0.15, -0.1) is 11.3 Å². The summed E-state index contributed by atoms with van der Waals surface area (Å²) >= 11 is 7.71. The van der Waals surface area contributed by atoms with E-state index in [1.54, 1.807) is 41.9 Å². The molecule has 0 spiro atoms. The van der Waals surface area contributed by atoms with Crippen LogP contribution in [0.2, 0.25) is 5.02 Å². The van der Waals surface area contributed by atoms with Crippen LogP contribution in [-0.2, 0) is 12.8 Å². The van der Waals surface area contributed by atoms with Gasteiger partial charge in [0.1, 0.15) is 17.0 Å². The number of carbonyl (C=O) groups excluding carboxylic acids is 1. The minimum Gasteiger partial charge on any atom is -0.368 e. The van der Waals surface area contributed by atoms with Gasteiger partial charge < -0.3 is 10.6 Å². The number of hydrogen-bond donors (Lipinski definition) is 2. The summed E-state index contributed by atoms with van der Waals surface area (Å²) in [7, 11) is 0. The third-order valence-corrected chi connectivity index (χ3v) is 5.98. The van der Waals surface area contributed by atoms with E-state index in [4.69, 9.17) is 11.6 Å². The molecular weight excluding hydrogens is 368 g/mol. The lowest BCUT2D eigenvalue weighted by Crippen LogP contribution is -2.28. The summed E-state index contributed by atoms with van der Waals surface area (Å²) in [6, 6.07) is 6.94. The summed E-state index contributed by atoms with van der Waals surface area (Å²) < 4.78 is 0. The van der Waals surface area contributed by atoms with Crippen LogP contribution in [0.25, 0.3) is 10.2 Å². The van der Waals surface area contributed by atoms with Crippen molar-refractivity contribution in [3.63, 3.8) is 0 Å². The second-order valence-corrected chi connectivity index (χ2v) is 7.83. The first-order valence-corrected chi connectivity index (χ1v) is 9.95. The van der Waals surface area contributed by atoms with E-state index in [0.29, 0.717) is 23.7 Å². The Bertz CT molecular complexity index is 956. The Morgan fingerprint density at radius 2 is 2.08 bits per heavy atom. The smallest absolute Gasteiger partial charge is 0.251 e. The van der Waals surface area contributed by atoms with E-state index >= 15 is 0 Å². The van der Waals surface area contributed by atoms with Crippen molar-refractivity contribution in [2.24, 2.45) is 0 Å². The van der Waals surface area contributed by atoms with Gasteiger partial charge in [0.25, 0.3) is 5.91 Å². The predicted molar refractivity (Wildman–Crippen MR) is 106 cm³/mol. The molecule has 1 aliphatic rings. The summed E-state index contributed by atoms with van der Waals surface area (Å²) in [5, 5.41) is 7.97. The highest BCUT2D eigenvalue weighted by Gasteiger charge is 2.19. The molecule has 3 aromatic rings. The van der Waals surface area contributed by atoms with Crippen LogP contribution in [0.3, 0.4) is 0 Å². The van der Waals surface area contributed by atoms with Crippen LogP contribution in [-0.4, -0.2) is 29.0 Å². The van der Waals surface area contributed by atoms with Crippen molar-refractivity contribution >= 4 is 44.9 Å². The molecule has 7 heteroatoms. The zero-order valence-electron chi connectivity index (χ0n) is 14.2. The molecule has 26 heavy (non-hydrogen) atoms. The Morgan fingerprint density at radius 3 is 2.96 bits per heavy atom. The van der Waals surface area contributed by atoms with Crippen LogP contribution in [0.4, 0.5) is 5.82 Å². The monoisotopic (exact) mass is 386 g/mol. The van der Waals surface area contributed by atoms with Gasteiger partial charge in [-0.1, -0.05) is 17.7 Å². The Kier molecular flexibility index (Phi) is 5.04. The van der Waals surface area contributed by atoms with Gasteiger partial charge in [0.2, 0.25) is 0 Å². The van der Waals surface area contributed by atoms with Crippen LogP contribution in [0.5, 0.6) is 0 Å². The van der Waals surface area contributed by atoms with E-state index in [0.717, 1.165) is 28.9 Å². The molecule has 2 heterocycles. The molecule has 1 amide bonds. The molecule has 0 atom stereocenters. The van der Waals surface area contributed by atoms with Crippen molar-refractivity contribution in [2.45, 2.75) is 25.7 Å². The lowest BCUT2D eigenvalue weighted by atomic mass is 9.97. The summed E-state index contributed by atoms with van der Waals surface area (Å²) in [4.78, 5) is 23.5. The maximum atomic E-state index is 12.1. The molecule has 2 N–H and O–H groups in total. The Labute approximate surface area is 160 Å². The van der Waals surface area contributed by atoms with Crippen LogP contribution in [0.1, 0.15) is 33.6 Å². The van der Waals surface area contributed by atoms with Gasteiger partial charge in [-0.25, -0.2) is 9.97 Å². The Balaban J connectivity index is 1.41. The largest absolute Gasteiger partial charge is 0.368 e. The number of benzene rings is 1.